The smallest absolute Gasteiger partial charge is 0.271 e. The van der Waals surface area contributed by atoms with Crippen LogP contribution in [0.2, 0.25) is 0 Å². The fourth-order valence-electron chi connectivity index (χ4n) is 2.21. The first-order valence-electron chi connectivity index (χ1n) is 6.87. The summed E-state index contributed by atoms with van der Waals surface area (Å²) in [6.07, 6.45) is 1.72. The molecule has 6 nitrogen and oxygen atoms in total. The number of thioether (sulfide) groups is 1. The van der Waals surface area contributed by atoms with Gasteiger partial charge in [-0.1, -0.05) is 30.3 Å². The monoisotopic (exact) mass is 359 g/mol. The molecule has 1 aliphatic rings. The SMILES string of the molecule is N=C1S/C(=C\c2ccccc2)C(=O)N1c1ccc(S(N)(=O)=O)cc1. The summed E-state index contributed by atoms with van der Waals surface area (Å²) in [7, 11) is -3.80. The molecule has 24 heavy (non-hydrogen) atoms. The van der Waals surface area contributed by atoms with Crippen molar-refractivity contribution in [3.05, 3.63) is 65.1 Å². The Kier molecular flexibility index (Phi) is 4.27. The molecule has 1 saturated heterocycles. The van der Waals surface area contributed by atoms with E-state index in [9.17, 15) is 13.2 Å². The first-order valence-corrected chi connectivity index (χ1v) is 9.23. The van der Waals surface area contributed by atoms with Gasteiger partial charge in [0.05, 0.1) is 15.5 Å². The Morgan fingerprint density at radius 3 is 2.25 bits per heavy atom. The largest absolute Gasteiger partial charge is 0.278 e. The number of hydrogen-bond acceptors (Lipinski definition) is 5. The summed E-state index contributed by atoms with van der Waals surface area (Å²) >= 11 is 1.06. The quantitative estimate of drug-likeness (QED) is 0.821. The molecule has 3 N–H and O–H groups in total. The third-order valence-corrected chi connectivity index (χ3v) is 5.16. The van der Waals surface area contributed by atoms with Gasteiger partial charge in [-0.3, -0.25) is 15.1 Å². The van der Waals surface area contributed by atoms with Gasteiger partial charge in [-0.05, 0) is 47.7 Å². The molecule has 0 spiro atoms. The summed E-state index contributed by atoms with van der Waals surface area (Å²) in [5.41, 5.74) is 1.29. The number of primary sulfonamides is 1. The fraction of sp³-hybridized carbons (Fsp3) is 0. The van der Waals surface area contributed by atoms with E-state index in [-0.39, 0.29) is 16.0 Å². The molecule has 1 heterocycles. The van der Waals surface area contributed by atoms with Gasteiger partial charge in [0.1, 0.15) is 0 Å². The summed E-state index contributed by atoms with van der Waals surface area (Å²) in [4.78, 5) is 14.2. The van der Waals surface area contributed by atoms with Crippen molar-refractivity contribution in [1.29, 1.82) is 5.41 Å². The van der Waals surface area contributed by atoms with E-state index in [4.69, 9.17) is 10.5 Å². The number of benzene rings is 2. The van der Waals surface area contributed by atoms with Gasteiger partial charge in [-0.25, -0.2) is 13.6 Å². The van der Waals surface area contributed by atoms with Crippen LogP contribution in [-0.2, 0) is 14.8 Å². The van der Waals surface area contributed by atoms with Crippen molar-refractivity contribution in [3.63, 3.8) is 0 Å². The second-order valence-electron chi connectivity index (χ2n) is 5.01. The van der Waals surface area contributed by atoms with Crippen LogP contribution in [0, 0.1) is 5.41 Å². The predicted octanol–water partition coefficient (Wildman–Crippen LogP) is 2.39. The topological polar surface area (TPSA) is 104 Å². The number of anilines is 1. The van der Waals surface area contributed by atoms with Crippen molar-refractivity contribution < 1.29 is 13.2 Å². The van der Waals surface area contributed by atoms with Gasteiger partial charge < -0.3 is 0 Å². The number of carbonyl (C=O) groups is 1. The molecule has 0 aromatic heterocycles. The van der Waals surface area contributed by atoms with Crippen molar-refractivity contribution >= 4 is 44.6 Å². The second kappa shape index (κ2) is 6.23. The summed E-state index contributed by atoms with van der Waals surface area (Å²) < 4.78 is 22.6. The zero-order chi connectivity index (χ0) is 17.3. The summed E-state index contributed by atoms with van der Waals surface area (Å²) in [6.45, 7) is 0. The maximum Gasteiger partial charge on any atom is 0.271 e. The van der Waals surface area contributed by atoms with Crippen LogP contribution < -0.4 is 10.0 Å². The number of amidine groups is 1. The average Bonchev–Trinajstić information content (AvgIpc) is 2.82. The highest BCUT2D eigenvalue weighted by Crippen LogP contribution is 2.35. The Morgan fingerprint density at radius 1 is 1.04 bits per heavy atom. The number of carbonyl (C=O) groups excluding carboxylic acids is 1. The van der Waals surface area contributed by atoms with Crippen LogP contribution in [0.4, 0.5) is 5.69 Å². The summed E-state index contributed by atoms with van der Waals surface area (Å²) in [5, 5.41) is 13.2. The molecule has 3 rings (SSSR count). The molecule has 2 aromatic rings. The molecule has 0 bridgehead atoms. The molecule has 0 aliphatic carbocycles. The fourth-order valence-corrected chi connectivity index (χ4v) is 3.58. The molecule has 8 heteroatoms. The lowest BCUT2D eigenvalue weighted by Crippen LogP contribution is -2.28. The van der Waals surface area contributed by atoms with E-state index in [0.717, 1.165) is 17.3 Å². The van der Waals surface area contributed by atoms with Crippen LogP contribution in [0.25, 0.3) is 6.08 Å². The van der Waals surface area contributed by atoms with E-state index in [1.807, 2.05) is 30.3 Å². The van der Waals surface area contributed by atoms with Crippen LogP contribution in [-0.4, -0.2) is 19.5 Å². The summed E-state index contributed by atoms with van der Waals surface area (Å²) in [5.74, 6) is -0.322. The van der Waals surface area contributed by atoms with Crippen LogP contribution in [0.3, 0.4) is 0 Å². The highest BCUT2D eigenvalue weighted by Gasteiger charge is 2.33. The Morgan fingerprint density at radius 2 is 1.67 bits per heavy atom. The number of hydrogen-bond donors (Lipinski definition) is 2. The minimum Gasteiger partial charge on any atom is -0.278 e. The number of nitrogens with zero attached hydrogens (tertiary/aromatic N) is 1. The minimum atomic E-state index is -3.80. The third kappa shape index (κ3) is 3.25. The lowest BCUT2D eigenvalue weighted by atomic mass is 10.2. The predicted molar refractivity (Wildman–Crippen MR) is 95.0 cm³/mol. The number of amides is 1. The normalized spacial score (nSPS) is 16.9. The van der Waals surface area contributed by atoms with Gasteiger partial charge in [-0.2, -0.15) is 0 Å². The molecule has 0 unspecified atom stereocenters. The van der Waals surface area contributed by atoms with Gasteiger partial charge in [0.15, 0.2) is 5.17 Å². The Bertz CT molecular complexity index is 936. The number of nitrogens with one attached hydrogen (secondary N) is 1. The van der Waals surface area contributed by atoms with E-state index in [0.29, 0.717) is 10.6 Å². The van der Waals surface area contributed by atoms with E-state index in [2.05, 4.69) is 0 Å². The first kappa shape index (κ1) is 16.4. The molecular weight excluding hydrogens is 346 g/mol. The molecule has 1 aliphatic heterocycles. The highest BCUT2D eigenvalue weighted by molar-refractivity contribution is 8.19. The van der Waals surface area contributed by atoms with E-state index < -0.39 is 10.0 Å². The van der Waals surface area contributed by atoms with Crippen LogP contribution in [0.15, 0.2) is 64.4 Å². The van der Waals surface area contributed by atoms with Crippen molar-refractivity contribution in [2.75, 3.05) is 4.90 Å². The van der Waals surface area contributed by atoms with Crippen molar-refractivity contribution in [2.24, 2.45) is 5.14 Å². The van der Waals surface area contributed by atoms with E-state index in [1.54, 1.807) is 6.08 Å². The van der Waals surface area contributed by atoms with Gasteiger partial charge in [0, 0.05) is 0 Å². The van der Waals surface area contributed by atoms with Crippen molar-refractivity contribution in [2.45, 2.75) is 4.90 Å². The molecule has 1 amide bonds. The van der Waals surface area contributed by atoms with Gasteiger partial charge in [-0.15, -0.1) is 0 Å². The van der Waals surface area contributed by atoms with Crippen LogP contribution in [0.1, 0.15) is 5.56 Å². The lowest BCUT2D eigenvalue weighted by Gasteiger charge is -2.14. The number of nitrogens with two attached hydrogens (primary N) is 1. The van der Waals surface area contributed by atoms with Crippen LogP contribution >= 0.6 is 11.8 Å². The van der Waals surface area contributed by atoms with E-state index in [1.165, 1.54) is 29.2 Å². The summed E-state index contributed by atoms with van der Waals surface area (Å²) in [6, 6.07) is 14.9. The molecule has 1 fully saturated rings. The Balaban J connectivity index is 1.91. The average molecular weight is 359 g/mol. The minimum absolute atomic E-state index is 0.0443. The van der Waals surface area contributed by atoms with E-state index >= 15 is 0 Å². The second-order valence-corrected chi connectivity index (χ2v) is 7.60. The number of sulfonamides is 1. The van der Waals surface area contributed by atoms with Gasteiger partial charge in [0.2, 0.25) is 10.0 Å². The van der Waals surface area contributed by atoms with Gasteiger partial charge >= 0.3 is 0 Å². The maximum absolute atomic E-state index is 12.6. The molecule has 0 radical (unpaired) electrons. The van der Waals surface area contributed by atoms with Gasteiger partial charge in [0.25, 0.3) is 5.91 Å². The third-order valence-electron chi connectivity index (χ3n) is 3.34. The first-order chi connectivity index (χ1) is 11.4. The zero-order valence-electron chi connectivity index (χ0n) is 12.3. The molecule has 0 saturated carbocycles. The van der Waals surface area contributed by atoms with Crippen molar-refractivity contribution in [1.82, 2.24) is 0 Å². The lowest BCUT2D eigenvalue weighted by molar-refractivity contribution is -0.113. The van der Waals surface area contributed by atoms with Crippen LogP contribution in [0.5, 0.6) is 0 Å². The molecular formula is C16H13N3O3S2. The Labute approximate surface area is 143 Å². The Hall–Kier alpha value is -2.42. The molecule has 2 aromatic carbocycles. The molecule has 0 atom stereocenters. The maximum atomic E-state index is 12.6. The zero-order valence-corrected chi connectivity index (χ0v) is 14.0. The highest BCUT2D eigenvalue weighted by atomic mass is 32.2. The van der Waals surface area contributed by atoms with Crippen molar-refractivity contribution in [3.8, 4) is 0 Å². The number of rotatable bonds is 3. The molecule has 122 valence electrons. The standard InChI is InChI=1S/C16H13N3O3S2/c17-16-19(12-6-8-13(9-7-12)24(18,21)22)15(20)14(23-16)10-11-4-2-1-3-5-11/h1-10,17H,(H2,18,21,22)/b14-10-,17-16?.